The number of rotatable bonds is 12. The maximum absolute atomic E-state index is 12.1. The van der Waals surface area contributed by atoms with E-state index in [0.29, 0.717) is 25.6 Å². The molecule has 8 nitrogen and oxygen atoms in total. The third-order valence-electron chi connectivity index (χ3n) is 5.53. The van der Waals surface area contributed by atoms with Gasteiger partial charge in [-0.05, 0) is 46.3 Å². The number of guanidine groups is 1. The fraction of sp³-hybridized carbons (Fsp3) is 0.810. The lowest BCUT2D eigenvalue weighted by molar-refractivity contribution is -0.130. The standard InChI is InChI=1S/C21H39N7OS.HI/c1-5-22-20(24-16-14-19(29)27(6-2)7-3)23-15-10-13-18-25-26-21(30-4)28(18)17-11-8-9-12-17;/h17H,5-16H2,1-4H3,(H2,22,23,24);1H. The number of hydrogen-bond acceptors (Lipinski definition) is 5. The molecule has 1 heterocycles. The SMILES string of the molecule is CCNC(=NCCCc1nnc(SC)n1C1CCCC1)NCCC(=O)N(CC)CC.I. The summed E-state index contributed by atoms with van der Waals surface area (Å²) < 4.78 is 2.36. The van der Waals surface area contributed by atoms with E-state index in [9.17, 15) is 4.79 Å². The Labute approximate surface area is 208 Å². The third kappa shape index (κ3) is 8.78. The highest BCUT2D eigenvalue weighted by Gasteiger charge is 2.23. The van der Waals surface area contributed by atoms with Crippen LogP contribution in [0.5, 0.6) is 0 Å². The average molecular weight is 566 g/mol. The molecule has 1 aromatic heterocycles. The third-order valence-corrected chi connectivity index (χ3v) is 6.17. The summed E-state index contributed by atoms with van der Waals surface area (Å²) in [6.07, 6.45) is 9.43. The number of halogens is 1. The zero-order valence-electron chi connectivity index (χ0n) is 19.5. The van der Waals surface area contributed by atoms with Gasteiger partial charge < -0.3 is 20.1 Å². The molecule has 1 aromatic rings. The Hall–Kier alpha value is -1.04. The van der Waals surface area contributed by atoms with Crippen LogP contribution in [0.3, 0.4) is 0 Å². The van der Waals surface area contributed by atoms with E-state index in [-0.39, 0.29) is 29.9 Å². The van der Waals surface area contributed by atoms with E-state index < -0.39 is 0 Å². The lowest BCUT2D eigenvalue weighted by atomic mass is 10.2. The summed E-state index contributed by atoms with van der Waals surface area (Å²) in [5.41, 5.74) is 0. The number of carbonyl (C=O) groups is 1. The first-order chi connectivity index (χ1) is 14.6. The van der Waals surface area contributed by atoms with Gasteiger partial charge in [-0.15, -0.1) is 34.2 Å². The number of aliphatic imine (C=N–C) groups is 1. The maximum Gasteiger partial charge on any atom is 0.224 e. The molecule has 178 valence electrons. The second-order valence-electron chi connectivity index (χ2n) is 7.52. The lowest BCUT2D eigenvalue weighted by Crippen LogP contribution is -2.40. The van der Waals surface area contributed by atoms with E-state index >= 15 is 0 Å². The van der Waals surface area contributed by atoms with Gasteiger partial charge in [0.25, 0.3) is 0 Å². The number of hydrogen-bond donors (Lipinski definition) is 2. The molecule has 0 unspecified atom stereocenters. The van der Waals surface area contributed by atoms with Gasteiger partial charge in [-0.2, -0.15) is 0 Å². The molecule has 2 rings (SSSR count). The van der Waals surface area contributed by atoms with E-state index in [1.165, 1.54) is 25.7 Å². The minimum atomic E-state index is 0. The van der Waals surface area contributed by atoms with Crippen molar-refractivity contribution in [1.82, 2.24) is 30.3 Å². The smallest absolute Gasteiger partial charge is 0.224 e. The predicted molar refractivity (Wildman–Crippen MR) is 140 cm³/mol. The van der Waals surface area contributed by atoms with Crippen molar-refractivity contribution in [2.45, 2.75) is 76.9 Å². The molecule has 31 heavy (non-hydrogen) atoms. The first-order valence-corrected chi connectivity index (χ1v) is 12.6. The van der Waals surface area contributed by atoms with Gasteiger partial charge in [0.1, 0.15) is 5.82 Å². The Bertz CT molecular complexity index is 673. The summed E-state index contributed by atoms with van der Waals surface area (Å²) in [4.78, 5) is 18.7. The molecule has 0 spiro atoms. The van der Waals surface area contributed by atoms with E-state index in [0.717, 1.165) is 49.4 Å². The van der Waals surface area contributed by atoms with Gasteiger partial charge in [0.15, 0.2) is 11.1 Å². The molecule has 1 aliphatic carbocycles. The van der Waals surface area contributed by atoms with Crippen LogP contribution in [0.1, 0.15) is 71.2 Å². The summed E-state index contributed by atoms with van der Waals surface area (Å²) in [5.74, 6) is 2.04. The normalized spacial score (nSPS) is 14.4. The first-order valence-electron chi connectivity index (χ1n) is 11.4. The molecule has 0 saturated heterocycles. The molecule has 0 atom stereocenters. The van der Waals surface area contributed by atoms with Gasteiger partial charge in [-0.25, -0.2) is 0 Å². The van der Waals surface area contributed by atoms with E-state index in [1.807, 2.05) is 25.7 Å². The van der Waals surface area contributed by atoms with Crippen molar-refractivity contribution in [3.8, 4) is 0 Å². The van der Waals surface area contributed by atoms with Crippen LogP contribution in [-0.4, -0.2) is 70.5 Å². The van der Waals surface area contributed by atoms with Gasteiger partial charge in [-0.3, -0.25) is 9.79 Å². The number of aromatic nitrogens is 3. The molecule has 0 aromatic carbocycles. The Kier molecular flexibility index (Phi) is 14.2. The molecule has 2 N–H and O–H groups in total. The Morgan fingerprint density at radius 3 is 2.52 bits per heavy atom. The molecule has 1 fully saturated rings. The lowest BCUT2D eigenvalue weighted by Gasteiger charge is -2.19. The number of thioether (sulfide) groups is 1. The fourth-order valence-corrected chi connectivity index (χ4v) is 4.51. The number of aryl methyl sites for hydroxylation is 1. The number of amides is 1. The van der Waals surface area contributed by atoms with Crippen LogP contribution >= 0.6 is 35.7 Å². The second-order valence-corrected chi connectivity index (χ2v) is 8.29. The van der Waals surface area contributed by atoms with Crippen LogP contribution in [0.2, 0.25) is 0 Å². The first kappa shape index (κ1) is 28.0. The van der Waals surface area contributed by atoms with Gasteiger partial charge >= 0.3 is 0 Å². The zero-order valence-corrected chi connectivity index (χ0v) is 22.7. The van der Waals surface area contributed by atoms with Crippen molar-refractivity contribution >= 4 is 47.6 Å². The summed E-state index contributed by atoms with van der Waals surface area (Å²) in [6.45, 7) is 9.68. The van der Waals surface area contributed by atoms with Gasteiger partial charge in [0.2, 0.25) is 5.91 Å². The Morgan fingerprint density at radius 1 is 1.19 bits per heavy atom. The quantitative estimate of drug-likeness (QED) is 0.133. The minimum Gasteiger partial charge on any atom is -0.357 e. The molecule has 10 heteroatoms. The summed E-state index contributed by atoms with van der Waals surface area (Å²) in [6, 6.07) is 0.559. The molecular formula is C21H40IN7OS. The molecule has 0 aliphatic heterocycles. The number of nitrogens with zero attached hydrogens (tertiary/aromatic N) is 5. The van der Waals surface area contributed by atoms with Gasteiger partial charge in [-0.1, -0.05) is 24.6 Å². The van der Waals surface area contributed by atoms with Crippen molar-refractivity contribution in [3.05, 3.63) is 5.82 Å². The fourth-order valence-electron chi connectivity index (χ4n) is 3.94. The topological polar surface area (TPSA) is 87.4 Å². The Morgan fingerprint density at radius 2 is 1.90 bits per heavy atom. The average Bonchev–Trinajstić information content (AvgIpc) is 3.41. The van der Waals surface area contributed by atoms with Crippen LogP contribution < -0.4 is 10.6 Å². The Balaban J connectivity index is 0.00000480. The van der Waals surface area contributed by atoms with Crippen LogP contribution in [0.15, 0.2) is 10.1 Å². The van der Waals surface area contributed by atoms with Gasteiger partial charge in [0, 0.05) is 51.6 Å². The minimum absolute atomic E-state index is 0. The van der Waals surface area contributed by atoms with Crippen molar-refractivity contribution in [2.75, 3.05) is 39.0 Å². The number of carbonyl (C=O) groups excluding carboxylic acids is 1. The van der Waals surface area contributed by atoms with E-state index in [1.54, 1.807) is 11.8 Å². The predicted octanol–water partition coefficient (Wildman–Crippen LogP) is 3.48. The van der Waals surface area contributed by atoms with Crippen molar-refractivity contribution in [2.24, 2.45) is 4.99 Å². The zero-order chi connectivity index (χ0) is 21.8. The van der Waals surface area contributed by atoms with E-state index in [4.69, 9.17) is 0 Å². The summed E-state index contributed by atoms with van der Waals surface area (Å²) >= 11 is 1.68. The molecule has 0 bridgehead atoms. The summed E-state index contributed by atoms with van der Waals surface area (Å²) in [5, 5.41) is 16.4. The molecule has 1 aliphatic rings. The monoisotopic (exact) mass is 565 g/mol. The van der Waals surface area contributed by atoms with Crippen molar-refractivity contribution in [3.63, 3.8) is 0 Å². The highest BCUT2D eigenvalue weighted by atomic mass is 127. The van der Waals surface area contributed by atoms with E-state index in [2.05, 4.69) is 36.6 Å². The van der Waals surface area contributed by atoms with Crippen LogP contribution in [0.4, 0.5) is 0 Å². The molecule has 0 radical (unpaired) electrons. The molecular weight excluding hydrogens is 525 g/mol. The van der Waals surface area contributed by atoms with Crippen molar-refractivity contribution < 1.29 is 4.79 Å². The maximum atomic E-state index is 12.1. The summed E-state index contributed by atoms with van der Waals surface area (Å²) in [7, 11) is 0. The highest BCUT2D eigenvalue weighted by molar-refractivity contribution is 14.0. The second kappa shape index (κ2) is 15.7. The van der Waals surface area contributed by atoms with Crippen LogP contribution in [0.25, 0.3) is 0 Å². The largest absolute Gasteiger partial charge is 0.357 e. The van der Waals surface area contributed by atoms with Crippen molar-refractivity contribution in [1.29, 1.82) is 0 Å². The molecule has 1 amide bonds. The molecule has 1 saturated carbocycles. The number of nitrogens with one attached hydrogen (secondary N) is 2. The van der Waals surface area contributed by atoms with Crippen LogP contribution in [-0.2, 0) is 11.2 Å². The van der Waals surface area contributed by atoms with Gasteiger partial charge in [0.05, 0.1) is 0 Å². The highest BCUT2D eigenvalue weighted by Crippen LogP contribution is 2.33. The van der Waals surface area contributed by atoms with Crippen LogP contribution in [0, 0.1) is 0 Å².